The zero-order chi connectivity index (χ0) is 29.8. The summed E-state index contributed by atoms with van der Waals surface area (Å²) < 4.78 is 41.6. The second kappa shape index (κ2) is 10.8. The topological polar surface area (TPSA) is 88.5 Å². The van der Waals surface area contributed by atoms with Gasteiger partial charge in [0, 0.05) is 21.5 Å². The third kappa shape index (κ3) is 5.03. The van der Waals surface area contributed by atoms with Crippen LogP contribution >= 0.6 is 34.7 Å². The molecule has 1 N–H and O–H groups in total. The summed E-state index contributed by atoms with van der Waals surface area (Å²) >= 11 is 7.78. The van der Waals surface area contributed by atoms with Crippen LogP contribution in [-0.4, -0.2) is 27.5 Å². The molecule has 2 aliphatic heterocycles. The predicted molar refractivity (Wildman–Crippen MR) is 154 cm³/mol. The number of hydrogen-bond donors (Lipinski definition) is 1. The maximum atomic E-state index is 13.9. The van der Waals surface area contributed by atoms with Crippen molar-refractivity contribution in [2.75, 3.05) is 10.2 Å². The minimum Gasteiger partial charge on any atom is -0.325 e. The number of benzene rings is 3. The molecule has 6 rings (SSSR count). The number of rotatable bonds is 5. The number of alkyl halides is 3. The van der Waals surface area contributed by atoms with Gasteiger partial charge in [0.2, 0.25) is 17.7 Å². The van der Waals surface area contributed by atoms with Crippen LogP contribution in [0.3, 0.4) is 0 Å². The average molecular weight is 630 g/mol. The van der Waals surface area contributed by atoms with Crippen molar-refractivity contribution in [3.63, 3.8) is 0 Å². The Labute approximate surface area is 249 Å². The molecule has 214 valence electrons. The Hall–Kier alpha value is -3.87. The summed E-state index contributed by atoms with van der Waals surface area (Å²) in [5, 5.41) is 2.55. The summed E-state index contributed by atoms with van der Waals surface area (Å²) in [7, 11) is 0. The molecule has 13 heteroatoms. The third-order valence-corrected chi connectivity index (χ3v) is 9.93. The van der Waals surface area contributed by atoms with E-state index in [4.69, 9.17) is 11.6 Å². The van der Waals surface area contributed by atoms with E-state index in [1.54, 1.807) is 54.6 Å². The molecule has 2 aliphatic rings. The van der Waals surface area contributed by atoms with E-state index in [1.165, 1.54) is 10.6 Å². The number of thioether (sulfide) groups is 1. The highest BCUT2D eigenvalue weighted by Crippen LogP contribution is 2.54. The largest absolute Gasteiger partial charge is 0.416 e. The van der Waals surface area contributed by atoms with Gasteiger partial charge >= 0.3 is 11.0 Å². The number of amides is 3. The van der Waals surface area contributed by atoms with Crippen LogP contribution in [0.1, 0.15) is 21.9 Å². The van der Waals surface area contributed by atoms with Gasteiger partial charge in [-0.05, 0) is 48.0 Å². The van der Waals surface area contributed by atoms with Gasteiger partial charge in [-0.3, -0.25) is 23.7 Å². The fourth-order valence-electron chi connectivity index (χ4n) is 5.23. The molecular weight excluding hydrogens is 611 g/mol. The van der Waals surface area contributed by atoms with Crippen molar-refractivity contribution in [1.29, 1.82) is 0 Å². The smallest absolute Gasteiger partial charge is 0.325 e. The third-order valence-electron chi connectivity index (χ3n) is 7.07. The molecule has 7 nitrogen and oxygen atoms in total. The van der Waals surface area contributed by atoms with Crippen LogP contribution in [0.5, 0.6) is 0 Å². The molecule has 3 heterocycles. The number of carbonyl (C=O) groups excluding carboxylic acids is 3. The van der Waals surface area contributed by atoms with E-state index >= 15 is 0 Å². The van der Waals surface area contributed by atoms with Gasteiger partial charge in [0.1, 0.15) is 11.8 Å². The van der Waals surface area contributed by atoms with Gasteiger partial charge in [-0.25, -0.2) is 4.90 Å². The molecule has 0 unspecified atom stereocenters. The van der Waals surface area contributed by atoms with Crippen molar-refractivity contribution in [1.82, 2.24) is 4.57 Å². The van der Waals surface area contributed by atoms with E-state index in [1.807, 2.05) is 0 Å². The zero-order valence-corrected chi connectivity index (χ0v) is 23.7. The molecular formula is C29H19ClF3N3O4S2. The van der Waals surface area contributed by atoms with Gasteiger partial charge in [0.15, 0.2) is 0 Å². The number of anilines is 2. The number of halogens is 4. The minimum atomic E-state index is -4.66. The van der Waals surface area contributed by atoms with Gasteiger partial charge in [0.05, 0.1) is 22.2 Å². The Morgan fingerprint density at radius 2 is 1.64 bits per heavy atom. The molecule has 42 heavy (non-hydrogen) atoms. The van der Waals surface area contributed by atoms with Crippen LogP contribution in [0.2, 0.25) is 5.02 Å². The van der Waals surface area contributed by atoms with Crippen molar-refractivity contribution >= 4 is 63.8 Å². The van der Waals surface area contributed by atoms with Crippen LogP contribution in [0, 0.1) is 5.92 Å². The molecule has 1 fully saturated rings. The summed E-state index contributed by atoms with van der Waals surface area (Å²) in [6, 6.07) is 19.4. The first-order valence-corrected chi connectivity index (χ1v) is 14.7. The molecule has 3 atom stereocenters. The summed E-state index contributed by atoms with van der Waals surface area (Å²) in [6.45, 7) is -0.349. The first-order chi connectivity index (χ1) is 20.0. The highest BCUT2D eigenvalue weighted by atomic mass is 35.5. The molecule has 0 radical (unpaired) electrons. The van der Waals surface area contributed by atoms with Gasteiger partial charge in [-0.15, -0.1) is 0 Å². The van der Waals surface area contributed by atoms with E-state index in [9.17, 15) is 32.3 Å². The van der Waals surface area contributed by atoms with E-state index in [0.29, 0.717) is 26.2 Å². The second-order valence-corrected chi connectivity index (χ2v) is 12.3. The van der Waals surface area contributed by atoms with Crippen LogP contribution < -0.4 is 15.1 Å². The normalized spacial score (nSPS) is 19.9. The molecule has 1 aromatic heterocycles. The Morgan fingerprint density at radius 3 is 2.33 bits per heavy atom. The SMILES string of the molecule is O=C(Cn1c2c(sc1=O)[C@@H](c1ccccc1)[C@@H]1C(=O)N(c3cccc(C(F)(F)F)c3)C(=O)[C@@H]1S2)Nc1ccc(Cl)cc1. The molecule has 3 aromatic carbocycles. The van der Waals surface area contributed by atoms with Crippen LogP contribution in [-0.2, 0) is 27.1 Å². The highest BCUT2D eigenvalue weighted by Gasteiger charge is 2.57. The summed E-state index contributed by atoms with van der Waals surface area (Å²) in [5.41, 5.74) is -0.0167. The molecule has 0 bridgehead atoms. The lowest BCUT2D eigenvalue weighted by atomic mass is 9.83. The number of aromatic nitrogens is 1. The Balaban J connectivity index is 1.39. The van der Waals surface area contributed by atoms with Gasteiger partial charge in [-0.1, -0.05) is 71.1 Å². The average Bonchev–Trinajstić information content (AvgIpc) is 3.40. The number of thiazole rings is 1. The van der Waals surface area contributed by atoms with Crippen LogP contribution in [0.4, 0.5) is 24.5 Å². The maximum Gasteiger partial charge on any atom is 0.416 e. The van der Waals surface area contributed by atoms with E-state index in [2.05, 4.69) is 5.32 Å². The van der Waals surface area contributed by atoms with Crippen molar-refractivity contribution in [3.8, 4) is 0 Å². The molecule has 0 saturated carbocycles. The highest BCUT2D eigenvalue weighted by molar-refractivity contribution is 8.00. The molecule has 0 spiro atoms. The first-order valence-electron chi connectivity index (χ1n) is 12.6. The number of fused-ring (bicyclic) bond motifs is 2. The van der Waals surface area contributed by atoms with Crippen molar-refractivity contribution in [2.45, 2.75) is 28.9 Å². The van der Waals surface area contributed by atoms with E-state index in [0.717, 1.165) is 46.2 Å². The number of nitrogens with one attached hydrogen (secondary N) is 1. The quantitative estimate of drug-likeness (QED) is 0.273. The lowest BCUT2D eigenvalue weighted by Gasteiger charge is -2.30. The molecule has 3 amide bonds. The number of nitrogens with zero attached hydrogens (tertiary/aromatic N) is 2. The second-order valence-electron chi connectivity index (χ2n) is 9.69. The predicted octanol–water partition coefficient (Wildman–Crippen LogP) is 6.02. The molecule has 0 aliphatic carbocycles. The van der Waals surface area contributed by atoms with Gasteiger partial charge in [-0.2, -0.15) is 13.2 Å². The van der Waals surface area contributed by atoms with E-state index in [-0.39, 0.29) is 12.2 Å². The maximum absolute atomic E-state index is 13.9. The van der Waals surface area contributed by atoms with Crippen molar-refractivity contribution < 1.29 is 27.6 Å². The summed E-state index contributed by atoms with van der Waals surface area (Å²) in [6.07, 6.45) is -4.66. The standard InChI is InChI=1S/C29H19ClF3N3O4S2/c30-17-9-11-18(12-10-17)34-20(37)14-35-27-24(42-28(35)40)21(15-5-2-1-3-6-15)22-23(41-27)26(39)36(25(22)38)19-8-4-7-16(13-19)29(31,32)33/h1-13,21-23H,14H2,(H,34,37)/t21-,22-,23+/m0/s1. The Bertz CT molecular complexity index is 1770. The van der Waals surface area contributed by atoms with Crippen LogP contribution in [0.25, 0.3) is 0 Å². The lowest BCUT2D eigenvalue weighted by molar-refractivity contribution is -0.137. The number of hydrogen-bond acceptors (Lipinski definition) is 6. The van der Waals surface area contributed by atoms with Gasteiger partial charge < -0.3 is 5.32 Å². The Morgan fingerprint density at radius 1 is 0.929 bits per heavy atom. The van der Waals surface area contributed by atoms with Crippen LogP contribution in [0.15, 0.2) is 88.7 Å². The van der Waals surface area contributed by atoms with Crippen molar-refractivity contribution in [3.05, 3.63) is 110 Å². The summed E-state index contributed by atoms with van der Waals surface area (Å²) in [5.74, 6) is -3.52. The molecule has 4 aromatic rings. The Kier molecular flexibility index (Phi) is 7.24. The van der Waals surface area contributed by atoms with Gasteiger partial charge in [0.25, 0.3) is 0 Å². The fraction of sp³-hybridized carbons (Fsp3) is 0.172. The lowest BCUT2D eigenvalue weighted by Crippen LogP contribution is -2.33. The number of imide groups is 1. The van der Waals surface area contributed by atoms with E-state index < -0.39 is 51.4 Å². The molecule has 1 saturated heterocycles. The summed E-state index contributed by atoms with van der Waals surface area (Å²) in [4.78, 5) is 54.6. The minimum absolute atomic E-state index is 0.176. The number of carbonyl (C=O) groups is 3. The first kappa shape index (κ1) is 28.3. The monoisotopic (exact) mass is 629 g/mol. The van der Waals surface area contributed by atoms with Crippen molar-refractivity contribution in [2.24, 2.45) is 5.92 Å². The zero-order valence-electron chi connectivity index (χ0n) is 21.3. The fourth-order valence-corrected chi connectivity index (χ4v) is 8.13.